The van der Waals surface area contributed by atoms with E-state index in [0.29, 0.717) is 25.8 Å². The van der Waals surface area contributed by atoms with E-state index >= 15 is 0 Å². The van der Waals surface area contributed by atoms with Crippen molar-refractivity contribution in [2.45, 2.75) is 39.7 Å². The summed E-state index contributed by atoms with van der Waals surface area (Å²) in [7, 11) is 0. The number of carbonyl (C=O) groups excluding carboxylic acids is 2. The molecular formula is C24H26N4O2. The molecule has 0 bridgehead atoms. The molecule has 1 aliphatic heterocycles. The Balaban J connectivity index is 1.34. The number of benzene rings is 2. The van der Waals surface area contributed by atoms with Gasteiger partial charge in [-0.2, -0.15) is 5.10 Å². The average Bonchev–Trinajstić information content (AvgIpc) is 3.04. The summed E-state index contributed by atoms with van der Waals surface area (Å²) in [4.78, 5) is 24.8. The maximum Gasteiger partial charge on any atom is 0.227 e. The van der Waals surface area contributed by atoms with Gasteiger partial charge in [-0.25, -0.2) is 4.68 Å². The Hall–Kier alpha value is -3.41. The van der Waals surface area contributed by atoms with Crippen LogP contribution in [0.1, 0.15) is 35.4 Å². The van der Waals surface area contributed by atoms with Crippen LogP contribution in [-0.2, 0) is 22.6 Å². The van der Waals surface area contributed by atoms with E-state index in [1.165, 1.54) is 0 Å². The highest BCUT2D eigenvalue weighted by Crippen LogP contribution is 2.27. The molecule has 6 nitrogen and oxygen atoms in total. The molecule has 154 valence electrons. The van der Waals surface area contributed by atoms with Crippen molar-refractivity contribution in [1.82, 2.24) is 15.1 Å². The zero-order valence-electron chi connectivity index (χ0n) is 17.3. The minimum absolute atomic E-state index is 0.00248. The summed E-state index contributed by atoms with van der Waals surface area (Å²) in [5.41, 5.74) is 5.95. The van der Waals surface area contributed by atoms with E-state index in [9.17, 15) is 9.59 Å². The van der Waals surface area contributed by atoms with Gasteiger partial charge in [-0.3, -0.25) is 9.59 Å². The number of fused-ring (bicyclic) bond motifs is 1. The molecule has 0 saturated carbocycles. The summed E-state index contributed by atoms with van der Waals surface area (Å²) >= 11 is 0. The highest BCUT2D eigenvalue weighted by Gasteiger charge is 2.26. The number of aryl methyl sites for hydroxylation is 1. The van der Waals surface area contributed by atoms with Gasteiger partial charge in [0.2, 0.25) is 11.8 Å². The summed E-state index contributed by atoms with van der Waals surface area (Å²) in [6.45, 7) is 4.40. The van der Waals surface area contributed by atoms with Crippen LogP contribution >= 0.6 is 0 Å². The lowest BCUT2D eigenvalue weighted by atomic mass is 9.89. The summed E-state index contributed by atoms with van der Waals surface area (Å²) in [5, 5.41) is 10.6. The van der Waals surface area contributed by atoms with Gasteiger partial charge in [0.15, 0.2) is 0 Å². The van der Waals surface area contributed by atoms with E-state index in [-0.39, 0.29) is 17.7 Å². The van der Waals surface area contributed by atoms with Gasteiger partial charge in [-0.05, 0) is 50.5 Å². The van der Waals surface area contributed by atoms with Crippen molar-refractivity contribution in [2.75, 3.05) is 5.32 Å². The molecule has 4 rings (SSSR count). The van der Waals surface area contributed by atoms with Crippen LogP contribution in [0.2, 0.25) is 0 Å². The lowest BCUT2D eigenvalue weighted by Gasteiger charge is -2.24. The van der Waals surface area contributed by atoms with Gasteiger partial charge >= 0.3 is 0 Å². The van der Waals surface area contributed by atoms with Crippen LogP contribution in [-0.4, -0.2) is 21.6 Å². The number of amides is 2. The first-order valence-corrected chi connectivity index (χ1v) is 10.3. The second-order valence-corrected chi connectivity index (χ2v) is 7.76. The van der Waals surface area contributed by atoms with Gasteiger partial charge in [0.1, 0.15) is 0 Å². The third-order valence-electron chi connectivity index (χ3n) is 5.74. The zero-order valence-corrected chi connectivity index (χ0v) is 17.3. The van der Waals surface area contributed by atoms with Crippen molar-refractivity contribution in [2.24, 2.45) is 5.92 Å². The Bertz CT molecular complexity index is 1070. The minimum Gasteiger partial charge on any atom is -0.352 e. The van der Waals surface area contributed by atoms with Crippen molar-refractivity contribution in [1.29, 1.82) is 0 Å². The second-order valence-electron chi connectivity index (χ2n) is 7.76. The van der Waals surface area contributed by atoms with Crippen molar-refractivity contribution in [3.8, 4) is 5.69 Å². The number of anilines is 1. The first kappa shape index (κ1) is 19.9. The van der Waals surface area contributed by atoms with E-state index in [4.69, 9.17) is 0 Å². The monoisotopic (exact) mass is 402 g/mol. The summed E-state index contributed by atoms with van der Waals surface area (Å²) < 4.78 is 1.90. The van der Waals surface area contributed by atoms with Gasteiger partial charge in [0.25, 0.3) is 0 Å². The standard InChI is InChI=1S/C24H26N4O2/c1-16-21(17(2)28(27-16)20-9-4-3-5-10-20)15-25-23(29)13-12-19-14-18-8-6-7-11-22(18)26-24(19)30/h3-11,19H,12-15H2,1-2H3,(H,25,29)(H,26,30). The molecule has 0 aliphatic carbocycles. The van der Waals surface area contributed by atoms with Crippen molar-refractivity contribution in [3.05, 3.63) is 77.1 Å². The molecule has 1 atom stereocenters. The number of rotatable bonds is 6. The molecule has 2 aromatic carbocycles. The molecule has 0 saturated heterocycles. The summed E-state index contributed by atoms with van der Waals surface area (Å²) in [6, 6.07) is 17.8. The molecule has 6 heteroatoms. The normalized spacial score (nSPS) is 15.4. The molecule has 1 unspecified atom stereocenters. The zero-order chi connectivity index (χ0) is 21.1. The van der Waals surface area contributed by atoms with Crippen LogP contribution in [0.5, 0.6) is 0 Å². The molecule has 2 amide bonds. The molecule has 0 radical (unpaired) electrons. The quantitative estimate of drug-likeness (QED) is 0.660. The topological polar surface area (TPSA) is 76.0 Å². The molecular weight excluding hydrogens is 376 g/mol. The van der Waals surface area contributed by atoms with Crippen LogP contribution in [0.4, 0.5) is 5.69 Å². The Kier molecular flexibility index (Phi) is 5.65. The smallest absolute Gasteiger partial charge is 0.227 e. The summed E-state index contributed by atoms with van der Waals surface area (Å²) in [5.74, 6) is -0.222. The number of hydrogen-bond donors (Lipinski definition) is 2. The highest BCUT2D eigenvalue weighted by molar-refractivity contribution is 5.96. The van der Waals surface area contributed by atoms with Gasteiger partial charge in [-0.1, -0.05) is 36.4 Å². The van der Waals surface area contributed by atoms with Crippen molar-refractivity contribution in [3.63, 3.8) is 0 Å². The molecule has 1 aromatic heterocycles. The average molecular weight is 402 g/mol. The molecule has 1 aliphatic rings. The second kappa shape index (κ2) is 8.53. The lowest BCUT2D eigenvalue weighted by molar-refractivity contribution is -0.122. The lowest BCUT2D eigenvalue weighted by Crippen LogP contribution is -2.31. The molecule has 0 spiro atoms. The number of nitrogens with one attached hydrogen (secondary N) is 2. The van der Waals surface area contributed by atoms with Crippen LogP contribution in [0.3, 0.4) is 0 Å². The Morgan fingerprint density at radius 1 is 1.13 bits per heavy atom. The van der Waals surface area contributed by atoms with Crippen LogP contribution in [0.15, 0.2) is 54.6 Å². The fourth-order valence-electron chi connectivity index (χ4n) is 3.98. The predicted octanol–water partition coefficient (Wildman–Crippen LogP) is 3.70. The number of hydrogen-bond acceptors (Lipinski definition) is 3. The molecule has 2 heterocycles. The van der Waals surface area contributed by atoms with Gasteiger partial charge in [-0.15, -0.1) is 0 Å². The Morgan fingerprint density at radius 2 is 1.87 bits per heavy atom. The Labute approximate surface area is 176 Å². The molecule has 0 fully saturated rings. The fraction of sp³-hybridized carbons (Fsp3) is 0.292. The highest BCUT2D eigenvalue weighted by atomic mass is 16.2. The van der Waals surface area contributed by atoms with E-state index < -0.39 is 0 Å². The van der Waals surface area contributed by atoms with Crippen molar-refractivity contribution < 1.29 is 9.59 Å². The first-order chi connectivity index (χ1) is 14.5. The van der Waals surface area contributed by atoms with Gasteiger partial charge < -0.3 is 10.6 Å². The van der Waals surface area contributed by atoms with E-state index in [2.05, 4.69) is 15.7 Å². The number of carbonyl (C=O) groups is 2. The molecule has 3 aromatic rings. The van der Waals surface area contributed by atoms with Crippen LogP contribution in [0.25, 0.3) is 5.69 Å². The fourth-order valence-corrected chi connectivity index (χ4v) is 3.98. The number of para-hydroxylation sites is 2. The van der Waals surface area contributed by atoms with Crippen LogP contribution < -0.4 is 10.6 Å². The number of aromatic nitrogens is 2. The third-order valence-corrected chi connectivity index (χ3v) is 5.74. The van der Waals surface area contributed by atoms with Crippen molar-refractivity contribution >= 4 is 17.5 Å². The van der Waals surface area contributed by atoms with Gasteiger partial charge in [0.05, 0.1) is 11.4 Å². The third kappa shape index (κ3) is 4.13. The first-order valence-electron chi connectivity index (χ1n) is 10.3. The van der Waals surface area contributed by atoms with E-state index in [1.54, 1.807) is 0 Å². The largest absolute Gasteiger partial charge is 0.352 e. The maximum atomic E-state index is 12.4. The predicted molar refractivity (Wildman–Crippen MR) is 116 cm³/mol. The van der Waals surface area contributed by atoms with Gasteiger partial charge in [0, 0.05) is 35.8 Å². The molecule has 30 heavy (non-hydrogen) atoms. The number of nitrogens with zero attached hydrogens (tertiary/aromatic N) is 2. The Morgan fingerprint density at radius 3 is 2.67 bits per heavy atom. The summed E-state index contributed by atoms with van der Waals surface area (Å²) in [6.07, 6.45) is 1.54. The minimum atomic E-state index is -0.171. The van der Waals surface area contributed by atoms with E-state index in [1.807, 2.05) is 73.1 Å². The van der Waals surface area contributed by atoms with Crippen LogP contribution in [0, 0.1) is 19.8 Å². The maximum absolute atomic E-state index is 12.4. The molecule has 2 N–H and O–H groups in total. The van der Waals surface area contributed by atoms with E-state index in [0.717, 1.165) is 33.9 Å². The SMILES string of the molecule is Cc1nn(-c2ccccc2)c(C)c1CNC(=O)CCC1Cc2ccccc2NC1=O.